The first kappa shape index (κ1) is 17.4. The maximum atomic E-state index is 13.4. The van der Waals surface area contributed by atoms with Crippen LogP contribution in [0.3, 0.4) is 0 Å². The second-order valence-corrected chi connectivity index (χ2v) is 5.27. The van der Waals surface area contributed by atoms with E-state index in [1.54, 1.807) is 20.0 Å². The third-order valence-electron chi connectivity index (χ3n) is 3.55. The van der Waals surface area contributed by atoms with E-state index < -0.39 is 6.10 Å². The fourth-order valence-corrected chi connectivity index (χ4v) is 1.83. The summed E-state index contributed by atoms with van der Waals surface area (Å²) in [6, 6.07) is 4.36. The molecule has 0 fully saturated rings. The van der Waals surface area contributed by atoms with E-state index in [1.165, 1.54) is 12.1 Å². The van der Waals surface area contributed by atoms with Crippen molar-refractivity contribution in [3.05, 3.63) is 29.6 Å². The normalized spacial score (nSPS) is 15.1. The van der Waals surface area contributed by atoms with Crippen molar-refractivity contribution in [2.24, 2.45) is 0 Å². The lowest BCUT2D eigenvalue weighted by Crippen LogP contribution is -2.41. The summed E-state index contributed by atoms with van der Waals surface area (Å²) in [7, 11) is 1.79. The quantitative estimate of drug-likeness (QED) is 0.813. The molecular formula is C16H25FN2O2. The van der Waals surface area contributed by atoms with Crippen LogP contribution in [0.4, 0.5) is 4.39 Å². The minimum absolute atomic E-state index is 0.0690. The molecule has 118 valence electrons. The van der Waals surface area contributed by atoms with E-state index >= 15 is 0 Å². The number of ether oxygens (including phenoxy) is 1. The summed E-state index contributed by atoms with van der Waals surface area (Å²) in [5.41, 5.74) is 0.695. The lowest BCUT2D eigenvalue weighted by atomic mass is 10.1. The van der Waals surface area contributed by atoms with Gasteiger partial charge in [0.2, 0.25) is 0 Å². The molecule has 21 heavy (non-hydrogen) atoms. The first-order valence-corrected chi connectivity index (χ1v) is 7.32. The molecule has 2 N–H and O–H groups in total. The summed E-state index contributed by atoms with van der Waals surface area (Å²) in [5, 5.41) is 5.92. The third-order valence-corrected chi connectivity index (χ3v) is 3.55. The molecule has 0 aliphatic rings. The number of amides is 1. The molecule has 0 saturated carbocycles. The maximum Gasteiger partial charge on any atom is 0.260 e. The lowest BCUT2D eigenvalue weighted by molar-refractivity contribution is -0.127. The fraction of sp³-hybridized carbons (Fsp3) is 0.562. The Labute approximate surface area is 126 Å². The highest BCUT2D eigenvalue weighted by Crippen LogP contribution is 2.26. The second kappa shape index (κ2) is 7.98. The smallest absolute Gasteiger partial charge is 0.260 e. The Morgan fingerprint density at radius 1 is 1.33 bits per heavy atom. The van der Waals surface area contributed by atoms with Gasteiger partial charge in [0.1, 0.15) is 11.6 Å². The van der Waals surface area contributed by atoms with E-state index in [0.717, 1.165) is 6.42 Å². The highest BCUT2D eigenvalue weighted by atomic mass is 19.1. The lowest BCUT2D eigenvalue weighted by Gasteiger charge is -2.21. The summed E-state index contributed by atoms with van der Waals surface area (Å²) in [4.78, 5) is 12.0. The molecule has 0 bridgehead atoms. The zero-order valence-corrected chi connectivity index (χ0v) is 13.4. The maximum absolute atomic E-state index is 13.4. The molecule has 5 heteroatoms. The molecule has 1 aromatic rings. The Kier molecular flexibility index (Phi) is 6.62. The molecule has 4 nitrogen and oxygen atoms in total. The van der Waals surface area contributed by atoms with Crippen molar-refractivity contribution in [2.75, 3.05) is 7.05 Å². The number of hydrogen-bond acceptors (Lipinski definition) is 3. The van der Waals surface area contributed by atoms with Crippen molar-refractivity contribution in [3.63, 3.8) is 0 Å². The SMILES string of the molecule is CCC(C)NC(=O)C(C)Oc1ccc(F)cc1C(C)NC. The number of halogens is 1. The topological polar surface area (TPSA) is 50.4 Å². The van der Waals surface area contributed by atoms with E-state index in [9.17, 15) is 9.18 Å². The van der Waals surface area contributed by atoms with Crippen LogP contribution in [0.2, 0.25) is 0 Å². The predicted octanol–water partition coefficient (Wildman–Crippen LogP) is 2.79. The van der Waals surface area contributed by atoms with Gasteiger partial charge in [0.05, 0.1) is 0 Å². The Morgan fingerprint density at radius 2 is 2.00 bits per heavy atom. The monoisotopic (exact) mass is 296 g/mol. The Hall–Kier alpha value is -1.62. The Balaban J connectivity index is 2.84. The number of carbonyl (C=O) groups excluding carboxylic acids is 1. The number of benzene rings is 1. The molecule has 0 heterocycles. The summed E-state index contributed by atoms with van der Waals surface area (Å²) >= 11 is 0. The van der Waals surface area contributed by atoms with E-state index in [2.05, 4.69) is 10.6 Å². The highest BCUT2D eigenvalue weighted by molar-refractivity contribution is 5.81. The van der Waals surface area contributed by atoms with Gasteiger partial charge in [-0.1, -0.05) is 6.92 Å². The third kappa shape index (κ3) is 5.01. The van der Waals surface area contributed by atoms with Crippen LogP contribution in [-0.4, -0.2) is 25.1 Å². The van der Waals surface area contributed by atoms with Crippen molar-refractivity contribution in [2.45, 2.75) is 52.3 Å². The average molecular weight is 296 g/mol. The van der Waals surface area contributed by atoms with Gasteiger partial charge in [0.25, 0.3) is 5.91 Å². The van der Waals surface area contributed by atoms with Crippen molar-refractivity contribution < 1.29 is 13.9 Å². The van der Waals surface area contributed by atoms with Crippen molar-refractivity contribution >= 4 is 5.91 Å². The molecule has 1 rings (SSSR count). The zero-order valence-electron chi connectivity index (χ0n) is 13.4. The van der Waals surface area contributed by atoms with Crippen molar-refractivity contribution in [1.82, 2.24) is 10.6 Å². The van der Waals surface area contributed by atoms with Crippen LogP contribution in [0.1, 0.15) is 45.7 Å². The van der Waals surface area contributed by atoms with Gasteiger partial charge >= 0.3 is 0 Å². The van der Waals surface area contributed by atoms with Gasteiger partial charge < -0.3 is 15.4 Å². The molecule has 3 unspecified atom stereocenters. The minimum Gasteiger partial charge on any atom is -0.481 e. The molecule has 1 aromatic carbocycles. The fourth-order valence-electron chi connectivity index (χ4n) is 1.83. The van der Waals surface area contributed by atoms with Crippen LogP contribution in [0.5, 0.6) is 5.75 Å². The Bertz CT molecular complexity index is 479. The molecule has 0 aromatic heterocycles. The summed E-state index contributed by atoms with van der Waals surface area (Å²) < 4.78 is 19.1. The van der Waals surface area contributed by atoms with Crippen LogP contribution >= 0.6 is 0 Å². The van der Waals surface area contributed by atoms with Gasteiger partial charge in [-0.25, -0.2) is 4.39 Å². The van der Waals surface area contributed by atoms with Gasteiger partial charge in [0, 0.05) is 17.6 Å². The molecule has 0 spiro atoms. The van der Waals surface area contributed by atoms with Crippen molar-refractivity contribution in [3.8, 4) is 5.75 Å². The van der Waals surface area contributed by atoms with E-state index in [-0.39, 0.29) is 23.8 Å². The van der Waals surface area contributed by atoms with Crippen LogP contribution in [0.25, 0.3) is 0 Å². The number of rotatable bonds is 7. The molecule has 1 amide bonds. The zero-order chi connectivity index (χ0) is 16.0. The van der Waals surface area contributed by atoms with Gasteiger partial charge in [-0.3, -0.25) is 4.79 Å². The van der Waals surface area contributed by atoms with Crippen LogP contribution in [-0.2, 0) is 4.79 Å². The largest absolute Gasteiger partial charge is 0.481 e. The van der Waals surface area contributed by atoms with E-state index in [1.807, 2.05) is 20.8 Å². The molecule has 3 atom stereocenters. The number of hydrogen-bond donors (Lipinski definition) is 2. The van der Waals surface area contributed by atoms with Crippen molar-refractivity contribution in [1.29, 1.82) is 0 Å². The average Bonchev–Trinajstić information content (AvgIpc) is 2.47. The summed E-state index contributed by atoms with van der Waals surface area (Å²) in [6.07, 6.45) is 0.226. The van der Waals surface area contributed by atoms with E-state index in [0.29, 0.717) is 11.3 Å². The van der Waals surface area contributed by atoms with Gasteiger partial charge in [-0.2, -0.15) is 0 Å². The molecule has 0 radical (unpaired) electrons. The minimum atomic E-state index is -0.632. The standard InChI is InChI=1S/C16H25FN2O2/c1-6-10(2)19-16(20)12(4)21-15-8-7-13(17)9-14(15)11(3)18-5/h7-12,18H,6H2,1-5H3,(H,19,20). The Morgan fingerprint density at radius 3 is 2.57 bits per heavy atom. The van der Waals surface area contributed by atoms with Gasteiger partial charge in [-0.05, 0) is 52.4 Å². The van der Waals surface area contributed by atoms with E-state index in [4.69, 9.17) is 4.74 Å². The molecule has 0 aliphatic heterocycles. The first-order valence-electron chi connectivity index (χ1n) is 7.32. The van der Waals surface area contributed by atoms with Gasteiger partial charge in [-0.15, -0.1) is 0 Å². The van der Waals surface area contributed by atoms with Crippen LogP contribution in [0.15, 0.2) is 18.2 Å². The number of carbonyl (C=O) groups is 1. The second-order valence-electron chi connectivity index (χ2n) is 5.27. The first-order chi connectivity index (χ1) is 9.88. The van der Waals surface area contributed by atoms with Crippen LogP contribution < -0.4 is 15.4 Å². The summed E-state index contributed by atoms with van der Waals surface area (Å²) in [5.74, 6) is 0.0259. The highest BCUT2D eigenvalue weighted by Gasteiger charge is 2.19. The number of nitrogens with one attached hydrogen (secondary N) is 2. The molecular weight excluding hydrogens is 271 g/mol. The predicted molar refractivity (Wildman–Crippen MR) is 81.9 cm³/mol. The summed E-state index contributed by atoms with van der Waals surface area (Å²) in [6.45, 7) is 7.54. The molecule has 0 aliphatic carbocycles. The van der Waals surface area contributed by atoms with Gasteiger partial charge in [0.15, 0.2) is 6.10 Å². The molecule has 0 saturated heterocycles. The van der Waals surface area contributed by atoms with Crippen LogP contribution in [0, 0.1) is 5.82 Å².